The summed E-state index contributed by atoms with van der Waals surface area (Å²) in [5.41, 5.74) is 6.85. The lowest BCUT2D eigenvalue weighted by Crippen LogP contribution is -2.47. The van der Waals surface area contributed by atoms with Crippen LogP contribution in [0.3, 0.4) is 0 Å². The van der Waals surface area contributed by atoms with Crippen LogP contribution in [0.1, 0.15) is 0 Å². The zero-order valence-electron chi connectivity index (χ0n) is 11.3. The van der Waals surface area contributed by atoms with Crippen LogP contribution >= 0.6 is 27.5 Å². The van der Waals surface area contributed by atoms with Gasteiger partial charge in [-0.1, -0.05) is 23.7 Å². The Morgan fingerprint density at radius 2 is 1.71 bits per heavy atom. The second kappa shape index (κ2) is 6.07. The molecule has 3 rings (SSSR count). The van der Waals surface area contributed by atoms with Gasteiger partial charge in [0.1, 0.15) is 10.4 Å². The molecule has 2 aromatic rings. The Hall–Kier alpha value is -1.53. The summed E-state index contributed by atoms with van der Waals surface area (Å²) in [6.07, 6.45) is 0. The minimum absolute atomic E-state index is 0.473. The molecule has 0 aliphatic carbocycles. The van der Waals surface area contributed by atoms with Gasteiger partial charge >= 0.3 is 0 Å². The number of para-hydroxylation sites is 1. The fraction of sp³-hybridized carbons (Fsp3) is 0.286. The standard InChI is InChI=1S/C14H15BrClN5/c15-12-9-13(17)19-14(18-12)21-7-5-20(6-8-21)11-4-2-1-3-10(11)16/h1-4,9H,5-8H2,(H2,17,18,19). The number of hydrogen-bond donors (Lipinski definition) is 1. The average molecular weight is 369 g/mol. The first-order chi connectivity index (χ1) is 10.1. The van der Waals surface area contributed by atoms with E-state index >= 15 is 0 Å². The van der Waals surface area contributed by atoms with E-state index in [4.69, 9.17) is 17.3 Å². The summed E-state index contributed by atoms with van der Waals surface area (Å²) in [6, 6.07) is 9.61. The number of aromatic nitrogens is 2. The number of nitrogens with two attached hydrogens (primary N) is 1. The van der Waals surface area contributed by atoms with Crippen LogP contribution < -0.4 is 15.5 Å². The van der Waals surface area contributed by atoms with Crippen molar-refractivity contribution in [3.05, 3.63) is 40.0 Å². The minimum Gasteiger partial charge on any atom is -0.383 e. The highest BCUT2D eigenvalue weighted by Crippen LogP contribution is 2.27. The van der Waals surface area contributed by atoms with E-state index in [9.17, 15) is 0 Å². The van der Waals surface area contributed by atoms with Gasteiger partial charge in [-0.15, -0.1) is 0 Å². The van der Waals surface area contributed by atoms with Crippen LogP contribution in [0.4, 0.5) is 17.5 Å². The van der Waals surface area contributed by atoms with Crippen molar-refractivity contribution in [2.24, 2.45) is 0 Å². The molecule has 0 atom stereocenters. The van der Waals surface area contributed by atoms with Crippen LogP contribution in [-0.4, -0.2) is 36.1 Å². The summed E-state index contributed by atoms with van der Waals surface area (Å²) in [4.78, 5) is 13.1. The summed E-state index contributed by atoms with van der Waals surface area (Å²) >= 11 is 9.60. The van der Waals surface area contributed by atoms with Gasteiger partial charge in [-0.25, -0.2) is 4.98 Å². The molecular weight excluding hydrogens is 354 g/mol. The highest BCUT2D eigenvalue weighted by atomic mass is 79.9. The average Bonchev–Trinajstić information content (AvgIpc) is 2.47. The molecule has 0 amide bonds. The number of benzene rings is 1. The zero-order chi connectivity index (χ0) is 14.8. The van der Waals surface area contributed by atoms with Gasteiger partial charge < -0.3 is 15.5 Å². The predicted octanol–water partition coefficient (Wildman–Crippen LogP) is 2.80. The fourth-order valence-corrected chi connectivity index (χ4v) is 3.07. The summed E-state index contributed by atoms with van der Waals surface area (Å²) in [5, 5.41) is 0.786. The van der Waals surface area contributed by atoms with Crippen molar-refractivity contribution in [3.8, 4) is 0 Å². The SMILES string of the molecule is Nc1cc(Br)nc(N2CCN(c3ccccc3Cl)CC2)n1. The Morgan fingerprint density at radius 3 is 2.38 bits per heavy atom. The third kappa shape index (κ3) is 3.22. The first-order valence-electron chi connectivity index (χ1n) is 6.68. The molecule has 1 fully saturated rings. The maximum atomic E-state index is 6.25. The molecule has 110 valence electrons. The van der Waals surface area contributed by atoms with Crippen LogP contribution in [0.15, 0.2) is 34.9 Å². The number of hydrogen-bond acceptors (Lipinski definition) is 5. The Morgan fingerprint density at radius 1 is 1.05 bits per heavy atom. The number of nitrogens with zero attached hydrogens (tertiary/aromatic N) is 4. The van der Waals surface area contributed by atoms with E-state index in [1.807, 2.05) is 24.3 Å². The molecule has 5 nitrogen and oxygen atoms in total. The Bertz CT molecular complexity index is 623. The number of rotatable bonds is 2. The van der Waals surface area contributed by atoms with E-state index in [1.54, 1.807) is 6.07 Å². The molecule has 0 bridgehead atoms. The fourth-order valence-electron chi connectivity index (χ4n) is 2.42. The monoisotopic (exact) mass is 367 g/mol. The highest BCUT2D eigenvalue weighted by Gasteiger charge is 2.20. The minimum atomic E-state index is 0.473. The van der Waals surface area contributed by atoms with E-state index in [-0.39, 0.29) is 0 Å². The van der Waals surface area contributed by atoms with Crippen molar-refractivity contribution < 1.29 is 0 Å². The van der Waals surface area contributed by atoms with E-state index < -0.39 is 0 Å². The van der Waals surface area contributed by atoms with Gasteiger partial charge in [-0.05, 0) is 28.1 Å². The van der Waals surface area contributed by atoms with Crippen molar-refractivity contribution >= 4 is 45.0 Å². The van der Waals surface area contributed by atoms with Crippen molar-refractivity contribution in [2.45, 2.75) is 0 Å². The molecule has 7 heteroatoms. The molecule has 1 aliphatic rings. The molecule has 1 aliphatic heterocycles. The maximum absolute atomic E-state index is 6.25. The van der Waals surface area contributed by atoms with E-state index in [2.05, 4.69) is 35.7 Å². The second-order valence-electron chi connectivity index (χ2n) is 4.84. The molecule has 0 radical (unpaired) electrons. The van der Waals surface area contributed by atoms with Crippen LogP contribution in [-0.2, 0) is 0 Å². The van der Waals surface area contributed by atoms with Gasteiger partial charge in [-0.3, -0.25) is 0 Å². The smallest absolute Gasteiger partial charge is 0.228 e. The summed E-state index contributed by atoms with van der Waals surface area (Å²) in [6.45, 7) is 3.42. The lowest BCUT2D eigenvalue weighted by Gasteiger charge is -2.36. The number of piperazine rings is 1. The maximum Gasteiger partial charge on any atom is 0.228 e. The van der Waals surface area contributed by atoms with Crippen LogP contribution in [0.2, 0.25) is 5.02 Å². The van der Waals surface area contributed by atoms with E-state index in [1.165, 1.54) is 0 Å². The Kier molecular flexibility index (Phi) is 4.17. The van der Waals surface area contributed by atoms with Gasteiger partial charge in [0, 0.05) is 32.2 Å². The van der Waals surface area contributed by atoms with Crippen LogP contribution in [0, 0.1) is 0 Å². The Labute approximate surface area is 136 Å². The van der Waals surface area contributed by atoms with Gasteiger partial charge in [0.25, 0.3) is 0 Å². The van der Waals surface area contributed by atoms with Crippen molar-refractivity contribution in [1.29, 1.82) is 0 Å². The number of halogens is 2. The predicted molar refractivity (Wildman–Crippen MR) is 90.0 cm³/mol. The molecule has 2 N–H and O–H groups in total. The first-order valence-corrected chi connectivity index (χ1v) is 7.85. The van der Waals surface area contributed by atoms with Gasteiger partial charge in [0.05, 0.1) is 10.7 Å². The van der Waals surface area contributed by atoms with Crippen molar-refractivity contribution in [1.82, 2.24) is 9.97 Å². The number of anilines is 3. The molecule has 2 heterocycles. The molecule has 21 heavy (non-hydrogen) atoms. The second-order valence-corrected chi connectivity index (χ2v) is 6.06. The number of nitrogen functional groups attached to an aromatic ring is 1. The van der Waals surface area contributed by atoms with Crippen molar-refractivity contribution in [2.75, 3.05) is 41.7 Å². The molecule has 0 spiro atoms. The molecular formula is C14H15BrClN5. The summed E-state index contributed by atoms with van der Waals surface area (Å²) in [5.74, 6) is 1.14. The topological polar surface area (TPSA) is 58.3 Å². The molecule has 1 saturated heterocycles. The first kappa shape index (κ1) is 14.4. The van der Waals surface area contributed by atoms with Gasteiger partial charge in [0.15, 0.2) is 0 Å². The summed E-state index contributed by atoms with van der Waals surface area (Å²) in [7, 11) is 0. The third-order valence-electron chi connectivity index (χ3n) is 3.46. The quantitative estimate of drug-likeness (QED) is 0.826. The lowest BCUT2D eigenvalue weighted by molar-refractivity contribution is 0.640. The van der Waals surface area contributed by atoms with Crippen molar-refractivity contribution in [3.63, 3.8) is 0 Å². The Balaban J connectivity index is 1.72. The summed E-state index contributed by atoms with van der Waals surface area (Å²) < 4.78 is 0.707. The molecule has 0 unspecified atom stereocenters. The van der Waals surface area contributed by atoms with Gasteiger partial charge in [0.2, 0.25) is 5.95 Å². The highest BCUT2D eigenvalue weighted by molar-refractivity contribution is 9.10. The van der Waals surface area contributed by atoms with Crippen LogP contribution in [0.25, 0.3) is 0 Å². The van der Waals surface area contributed by atoms with E-state index in [0.717, 1.165) is 36.9 Å². The molecule has 1 aromatic heterocycles. The largest absolute Gasteiger partial charge is 0.383 e. The lowest BCUT2D eigenvalue weighted by atomic mass is 10.2. The normalized spacial score (nSPS) is 15.3. The zero-order valence-corrected chi connectivity index (χ0v) is 13.7. The molecule has 1 aromatic carbocycles. The van der Waals surface area contributed by atoms with Gasteiger partial charge in [-0.2, -0.15) is 4.98 Å². The molecule has 0 saturated carbocycles. The van der Waals surface area contributed by atoms with Crippen LogP contribution in [0.5, 0.6) is 0 Å². The van der Waals surface area contributed by atoms with E-state index in [0.29, 0.717) is 16.4 Å². The third-order valence-corrected chi connectivity index (χ3v) is 4.18.